The van der Waals surface area contributed by atoms with Crippen molar-refractivity contribution in [2.75, 3.05) is 30.5 Å². The SMILES string of the molecule is COc1ccc(C(Cc2ccccc2)N(c2ccc(N)c(C(C)O)c2OCc2ccccc2)S(C)(=O)=O)cc1OC. The van der Waals surface area contributed by atoms with Crippen LogP contribution in [0.1, 0.15) is 41.3 Å². The zero-order valence-corrected chi connectivity index (χ0v) is 24.5. The van der Waals surface area contributed by atoms with E-state index in [9.17, 15) is 13.5 Å². The fraction of sp³-hybridized carbons (Fsp3) is 0.250. The summed E-state index contributed by atoms with van der Waals surface area (Å²) in [5.41, 5.74) is 9.68. The van der Waals surface area contributed by atoms with E-state index in [0.29, 0.717) is 34.7 Å². The summed E-state index contributed by atoms with van der Waals surface area (Å²) < 4.78 is 46.1. The van der Waals surface area contributed by atoms with Crippen LogP contribution in [0.2, 0.25) is 0 Å². The van der Waals surface area contributed by atoms with E-state index in [4.69, 9.17) is 19.9 Å². The summed E-state index contributed by atoms with van der Waals surface area (Å²) in [5.74, 6) is 1.20. The Morgan fingerprint density at radius 1 is 0.854 bits per heavy atom. The van der Waals surface area contributed by atoms with E-state index < -0.39 is 22.2 Å². The lowest BCUT2D eigenvalue weighted by Crippen LogP contribution is -2.36. The maximum Gasteiger partial charge on any atom is 0.232 e. The minimum atomic E-state index is -3.92. The zero-order valence-electron chi connectivity index (χ0n) is 23.7. The van der Waals surface area contributed by atoms with Gasteiger partial charge in [0.05, 0.1) is 38.3 Å². The number of aliphatic hydroxyl groups excluding tert-OH is 1. The summed E-state index contributed by atoms with van der Waals surface area (Å²) in [4.78, 5) is 0. The molecule has 0 aliphatic carbocycles. The maximum atomic E-state index is 13.7. The van der Waals surface area contributed by atoms with Gasteiger partial charge < -0.3 is 25.1 Å². The summed E-state index contributed by atoms with van der Waals surface area (Å²) >= 11 is 0. The molecule has 2 atom stereocenters. The second-order valence-electron chi connectivity index (χ2n) is 9.75. The first-order valence-corrected chi connectivity index (χ1v) is 15.0. The van der Waals surface area contributed by atoms with E-state index in [1.807, 2.05) is 66.7 Å². The number of rotatable bonds is 12. The molecule has 0 saturated carbocycles. The highest BCUT2D eigenvalue weighted by atomic mass is 32.2. The summed E-state index contributed by atoms with van der Waals surface area (Å²) in [6, 6.07) is 27.0. The molecular weight excluding hydrogens is 540 g/mol. The van der Waals surface area contributed by atoms with Gasteiger partial charge in [0.25, 0.3) is 0 Å². The molecule has 0 aliphatic heterocycles. The van der Waals surface area contributed by atoms with Crippen LogP contribution in [0.15, 0.2) is 91.0 Å². The normalized spacial score (nSPS) is 12.8. The molecule has 0 aliphatic rings. The lowest BCUT2D eigenvalue weighted by atomic mass is 9.97. The van der Waals surface area contributed by atoms with E-state index in [1.165, 1.54) is 11.4 Å². The summed E-state index contributed by atoms with van der Waals surface area (Å²) in [5, 5.41) is 10.8. The summed E-state index contributed by atoms with van der Waals surface area (Å²) in [6.45, 7) is 1.72. The van der Waals surface area contributed by atoms with Gasteiger partial charge in [0.2, 0.25) is 10.0 Å². The van der Waals surface area contributed by atoms with Gasteiger partial charge in [-0.1, -0.05) is 66.7 Å². The molecule has 0 amide bonds. The molecule has 41 heavy (non-hydrogen) atoms. The van der Waals surface area contributed by atoms with Crippen LogP contribution in [-0.4, -0.2) is 34.0 Å². The Labute approximate surface area is 242 Å². The number of nitrogens with two attached hydrogens (primary N) is 1. The average molecular weight is 577 g/mol. The lowest BCUT2D eigenvalue weighted by Gasteiger charge is -2.34. The molecule has 0 spiro atoms. The molecular formula is C32H36N2O6S. The van der Waals surface area contributed by atoms with Crippen LogP contribution >= 0.6 is 0 Å². The van der Waals surface area contributed by atoms with Crippen molar-refractivity contribution < 1.29 is 27.7 Å². The van der Waals surface area contributed by atoms with Gasteiger partial charge in [-0.25, -0.2) is 8.42 Å². The molecule has 9 heteroatoms. The molecule has 0 heterocycles. The molecule has 0 bridgehead atoms. The molecule has 2 unspecified atom stereocenters. The maximum absolute atomic E-state index is 13.7. The molecule has 4 aromatic rings. The molecule has 0 radical (unpaired) electrons. The highest BCUT2D eigenvalue weighted by Gasteiger charge is 2.34. The summed E-state index contributed by atoms with van der Waals surface area (Å²) in [6.07, 6.45) is 0.483. The van der Waals surface area contributed by atoms with E-state index in [-0.39, 0.29) is 18.0 Å². The number of methoxy groups -OCH3 is 2. The van der Waals surface area contributed by atoms with Crippen molar-refractivity contribution in [2.45, 2.75) is 32.1 Å². The first kappa shape index (κ1) is 29.8. The van der Waals surface area contributed by atoms with Gasteiger partial charge in [-0.15, -0.1) is 0 Å². The Balaban J connectivity index is 1.94. The van der Waals surface area contributed by atoms with Crippen LogP contribution < -0.4 is 24.2 Å². The van der Waals surface area contributed by atoms with Gasteiger partial charge in [-0.3, -0.25) is 4.31 Å². The largest absolute Gasteiger partial charge is 0.493 e. The summed E-state index contributed by atoms with van der Waals surface area (Å²) in [7, 11) is -0.843. The Bertz CT molecular complexity index is 1560. The van der Waals surface area contributed by atoms with Crippen molar-refractivity contribution in [3.63, 3.8) is 0 Å². The van der Waals surface area contributed by atoms with E-state index in [2.05, 4.69) is 0 Å². The van der Waals surface area contributed by atoms with Crippen molar-refractivity contribution in [3.05, 3.63) is 113 Å². The van der Waals surface area contributed by atoms with Crippen LogP contribution in [0.25, 0.3) is 0 Å². The molecule has 4 rings (SSSR count). The van der Waals surface area contributed by atoms with Gasteiger partial charge in [0.15, 0.2) is 17.2 Å². The first-order valence-electron chi connectivity index (χ1n) is 13.2. The Morgan fingerprint density at radius 2 is 1.46 bits per heavy atom. The van der Waals surface area contributed by atoms with Crippen LogP contribution in [0.3, 0.4) is 0 Å². The molecule has 3 N–H and O–H groups in total. The lowest BCUT2D eigenvalue weighted by molar-refractivity contribution is 0.191. The average Bonchev–Trinajstić information content (AvgIpc) is 2.96. The Morgan fingerprint density at radius 3 is 2.02 bits per heavy atom. The van der Waals surface area contributed by atoms with Crippen molar-refractivity contribution in [3.8, 4) is 17.2 Å². The molecule has 8 nitrogen and oxygen atoms in total. The second-order valence-corrected chi connectivity index (χ2v) is 11.6. The van der Waals surface area contributed by atoms with E-state index in [0.717, 1.165) is 17.4 Å². The van der Waals surface area contributed by atoms with Gasteiger partial charge in [-0.05, 0) is 54.3 Å². The number of nitrogen functional groups attached to an aromatic ring is 1. The number of sulfonamides is 1. The molecule has 0 aromatic heterocycles. The van der Waals surface area contributed by atoms with Crippen LogP contribution in [0, 0.1) is 0 Å². The predicted molar refractivity (Wildman–Crippen MR) is 162 cm³/mol. The van der Waals surface area contributed by atoms with Crippen molar-refractivity contribution in [2.24, 2.45) is 0 Å². The van der Waals surface area contributed by atoms with Crippen LogP contribution in [0.5, 0.6) is 17.2 Å². The zero-order chi connectivity index (χ0) is 29.6. The predicted octanol–water partition coefficient (Wildman–Crippen LogP) is 5.67. The smallest absolute Gasteiger partial charge is 0.232 e. The third-order valence-corrected chi connectivity index (χ3v) is 7.96. The Hall–Kier alpha value is -4.21. The standard InChI is InChI=1S/C32H36N2O6S/c1-22(35)31-26(33)16-17-27(32(31)40-21-24-13-9-6-10-14-24)34(41(4,36)37)28(19-23-11-7-5-8-12-23)25-15-18-29(38-2)30(20-25)39-3/h5-18,20,22,28,35H,19,21,33H2,1-4H3. The number of hydrogen-bond donors (Lipinski definition) is 2. The van der Waals surface area contributed by atoms with Crippen LogP contribution in [-0.2, 0) is 23.1 Å². The topological polar surface area (TPSA) is 111 Å². The number of hydrogen-bond acceptors (Lipinski definition) is 7. The van der Waals surface area contributed by atoms with Crippen molar-refractivity contribution >= 4 is 21.4 Å². The number of benzene rings is 4. The number of nitrogens with zero attached hydrogens (tertiary/aromatic N) is 1. The number of anilines is 2. The van der Waals surface area contributed by atoms with Gasteiger partial charge in [0, 0.05) is 11.3 Å². The number of ether oxygens (including phenoxy) is 3. The van der Waals surface area contributed by atoms with E-state index in [1.54, 1.807) is 38.3 Å². The van der Waals surface area contributed by atoms with Crippen molar-refractivity contribution in [1.82, 2.24) is 0 Å². The molecule has 4 aromatic carbocycles. The van der Waals surface area contributed by atoms with Crippen LogP contribution in [0.4, 0.5) is 11.4 Å². The molecule has 0 fully saturated rings. The third kappa shape index (κ3) is 6.93. The quantitative estimate of drug-likeness (QED) is 0.209. The van der Waals surface area contributed by atoms with Gasteiger partial charge >= 0.3 is 0 Å². The Kier molecular flexibility index (Phi) is 9.42. The fourth-order valence-electron chi connectivity index (χ4n) is 4.90. The van der Waals surface area contributed by atoms with Gasteiger partial charge in [0.1, 0.15) is 6.61 Å². The van der Waals surface area contributed by atoms with Crippen molar-refractivity contribution in [1.29, 1.82) is 0 Å². The number of aliphatic hydroxyl groups is 1. The minimum Gasteiger partial charge on any atom is -0.493 e. The van der Waals surface area contributed by atoms with E-state index >= 15 is 0 Å². The highest BCUT2D eigenvalue weighted by Crippen LogP contribution is 2.45. The molecule has 216 valence electrons. The highest BCUT2D eigenvalue weighted by molar-refractivity contribution is 7.92. The molecule has 0 saturated heterocycles. The fourth-order valence-corrected chi connectivity index (χ4v) is 6.06. The monoisotopic (exact) mass is 576 g/mol. The van der Waals surface area contributed by atoms with Gasteiger partial charge in [-0.2, -0.15) is 0 Å². The minimum absolute atomic E-state index is 0.147. The second kappa shape index (κ2) is 13.0. The third-order valence-electron chi connectivity index (χ3n) is 6.79. The first-order chi connectivity index (χ1) is 19.6.